The van der Waals surface area contributed by atoms with E-state index in [9.17, 15) is 4.79 Å². The molecule has 1 amide bonds. The van der Waals surface area contributed by atoms with Crippen molar-refractivity contribution in [2.75, 3.05) is 13.2 Å². The molecule has 1 aromatic heterocycles. The third-order valence-corrected chi connectivity index (χ3v) is 4.24. The van der Waals surface area contributed by atoms with Crippen LogP contribution in [0.4, 0.5) is 0 Å². The fourth-order valence-corrected chi connectivity index (χ4v) is 2.75. The van der Waals surface area contributed by atoms with Crippen LogP contribution in [-0.4, -0.2) is 33.9 Å². The first-order chi connectivity index (χ1) is 11.5. The molecule has 0 unspecified atom stereocenters. The third kappa shape index (κ3) is 4.93. The van der Waals surface area contributed by atoms with Crippen molar-refractivity contribution in [3.63, 3.8) is 0 Å². The van der Waals surface area contributed by atoms with Crippen LogP contribution in [0.2, 0.25) is 0 Å². The molecule has 0 spiro atoms. The Morgan fingerprint density at radius 1 is 1.21 bits per heavy atom. The number of hydrogen-bond acceptors (Lipinski definition) is 3. The van der Waals surface area contributed by atoms with Crippen molar-refractivity contribution < 1.29 is 9.90 Å². The molecule has 0 saturated heterocycles. The molecule has 0 aliphatic rings. The molecule has 2 N–H and O–H groups in total. The maximum absolute atomic E-state index is 11.8. The van der Waals surface area contributed by atoms with Crippen LogP contribution in [0.5, 0.6) is 0 Å². The minimum Gasteiger partial charge on any atom is -0.396 e. The number of carbonyl (C=O) groups is 1. The van der Waals surface area contributed by atoms with Gasteiger partial charge in [0.05, 0.1) is 12.2 Å². The quantitative estimate of drug-likeness (QED) is 0.730. The van der Waals surface area contributed by atoms with E-state index in [0.29, 0.717) is 25.8 Å². The SMILES string of the molecule is Cc1ccc(Cn2nc(C)c(CCC(=O)NCCCO)c2C)cc1. The van der Waals surface area contributed by atoms with E-state index in [2.05, 4.69) is 48.5 Å². The molecule has 24 heavy (non-hydrogen) atoms. The van der Waals surface area contributed by atoms with Crippen molar-refractivity contribution in [2.45, 2.75) is 46.6 Å². The molecule has 0 aliphatic carbocycles. The van der Waals surface area contributed by atoms with Crippen LogP contribution >= 0.6 is 0 Å². The van der Waals surface area contributed by atoms with Crippen LogP contribution in [-0.2, 0) is 17.8 Å². The number of aliphatic hydroxyl groups excluding tert-OH is 1. The van der Waals surface area contributed by atoms with Crippen LogP contribution in [0.1, 0.15) is 40.9 Å². The van der Waals surface area contributed by atoms with Crippen LogP contribution in [0.25, 0.3) is 0 Å². The molecule has 5 nitrogen and oxygen atoms in total. The van der Waals surface area contributed by atoms with Crippen molar-refractivity contribution in [3.05, 3.63) is 52.3 Å². The van der Waals surface area contributed by atoms with E-state index in [-0.39, 0.29) is 12.5 Å². The number of aryl methyl sites for hydroxylation is 2. The lowest BCUT2D eigenvalue weighted by Gasteiger charge is -2.07. The van der Waals surface area contributed by atoms with E-state index in [1.165, 1.54) is 11.1 Å². The Labute approximate surface area is 143 Å². The van der Waals surface area contributed by atoms with Crippen molar-refractivity contribution in [3.8, 4) is 0 Å². The molecule has 1 heterocycles. The lowest BCUT2D eigenvalue weighted by molar-refractivity contribution is -0.121. The Balaban J connectivity index is 1.98. The Morgan fingerprint density at radius 2 is 1.92 bits per heavy atom. The van der Waals surface area contributed by atoms with Crippen LogP contribution < -0.4 is 5.32 Å². The van der Waals surface area contributed by atoms with Gasteiger partial charge in [0.1, 0.15) is 0 Å². The Kier molecular flexibility index (Phi) is 6.55. The van der Waals surface area contributed by atoms with E-state index in [4.69, 9.17) is 5.11 Å². The second kappa shape index (κ2) is 8.64. The van der Waals surface area contributed by atoms with Crippen LogP contribution in [0.15, 0.2) is 24.3 Å². The van der Waals surface area contributed by atoms with Crippen molar-refractivity contribution >= 4 is 5.91 Å². The summed E-state index contributed by atoms with van der Waals surface area (Å²) in [5, 5.41) is 16.2. The normalized spacial score (nSPS) is 10.8. The molecule has 0 atom stereocenters. The largest absolute Gasteiger partial charge is 0.396 e. The van der Waals surface area contributed by atoms with Gasteiger partial charge in [-0.25, -0.2) is 0 Å². The van der Waals surface area contributed by atoms with Gasteiger partial charge >= 0.3 is 0 Å². The first kappa shape index (κ1) is 18.2. The average Bonchev–Trinajstić information content (AvgIpc) is 2.82. The van der Waals surface area contributed by atoms with Gasteiger partial charge in [0.2, 0.25) is 5.91 Å². The molecule has 0 saturated carbocycles. The number of benzene rings is 1. The van der Waals surface area contributed by atoms with E-state index < -0.39 is 0 Å². The van der Waals surface area contributed by atoms with E-state index >= 15 is 0 Å². The molecular weight excluding hydrogens is 302 g/mol. The van der Waals surface area contributed by atoms with E-state index in [1.54, 1.807) is 0 Å². The van der Waals surface area contributed by atoms with Gasteiger partial charge in [0.25, 0.3) is 0 Å². The molecule has 1 aromatic carbocycles. The van der Waals surface area contributed by atoms with Crippen molar-refractivity contribution in [1.29, 1.82) is 0 Å². The maximum atomic E-state index is 11.8. The molecule has 130 valence electrons. The number of aromatic nitrogens is 2. The van der Waals surface area contributed by atoms with Crippen molar-refractivity contribution in [2.24, 2.45) is 0 Å². The highest BCUT2D eigenvalue weighted by Crippen LogP contribution is 2.17. The van der Waals surface area contributed by atoms with Gasteiger partial charge in [0.15, 0.2) is 0 Å². The summed E-state index contributed by atoms with van der Waals surface area (Å²) >= 11 is 0. The number of aliphatic hydroxyl groups is 1. The first-order valence-corrected chi connectivity index (χ1v) is 8.47. The molecule has 0 fully saturated rings. The summed E-state index contributed by atoms with van der Waals surface area (Å²) in [4.78, 5) is 11.8. The molecular formula is C19H27N3O2. The summed E-state index contributed by atoms with van der Waals surface area (Å²) in [6.45, 7) is 7.52. The first-order valence-electron chi connectivity index (χ1n) is 8.47. The van der Waals surface area contributed by atoms with Crippen LogP contribution in [0, 0.1) is 20.8 Å². The second-order valence-electron chi connectivity index (χ2n) is 6.22. The summed E-state index contributed by atoms with van der Waals surface area (Å²) in [5.41, 5.74) is 5.73. The lowest BCUT2D eigenvalue weighted by atomic mass is 10.1. The number of amides is 1. The van der Waals surface area contributed by atoms with Gasteiger partial charge in [-0.2, -0.15) is 5.10 Å². The van der Waals surface area contributed by atoms with Gasteiger partial charge in [-0.05, 0) is 44.7 Å². The third-order valence-electron chi connectivity index (χ3n) is 4.24. The summed E-state index contributed by atoms with van der Waals surface area (Å²) in [7, 11) is 0. The Morgan fingerprint density at radius 3 is 2.58 bits per heavy atom. The summed E-state index contributed by atoms with van der Waals surface area (Å²) in [6, 6.07) is 8.47. The van der Waals surface area contributed by atoms with E-state index in [1.807, 2.05) is 11.6 Å². The van der Waals surface area contributed by atoms with Crippen LogP contribution in [0.3, 0.4) is 0 Å². The van der Waals surface area contributed by atoms with Gasteiger partial charge in [-0.1, -0.05) is 29.8 Å². The van der Waals surface area contributed by atoms with E-state index in [0.717, 1.165) is 23.5 Å². The number of rotatable bonds is 8. The minimum atomic E-state index is 0.0218. The monoisotopic (exact) mass is 329 g/mol. The zero-order chi connectivity index (χ0) is 17.5. The number of nitrogens with one attached hydrogen (secondary N) is 1. The molecule has 0 aliphatic heterocycles. The fraction of sp³-hybridized carbons (Fsp3) is 0.474. The number of carbonyl (C=O) groups excluding carboxylic acids is 1. The second-order valence-corrected chi connectivity index (χ2v) is 6.22. The maximum Gasteiger partial charge on any atom is 0.220 e. The summed E-state index contributed by atoms with van der Waals surface area (Å²) in [6.07, 6.45) is 1.73. The lowest BCUT2D eigenvalue weighted by Crippen LogP contribution is -2.25. The standard InChI is InChI=1S/C19H27N3O2/c1-14-5-7-17(8-6-14)13-22-16(3)18(15(2)21-22)9-10-19(24)20-11-4-12-23/h5-8,23H,4,9-13H2,1-3H3,(H,20,24). The van der Waals surface area contributed by atoms with Gasteiger partial charge in [-0.15, -0.1) is 0 Å². The van der Waals surface area contributed by atoms with Gasteiger partial charge < -0.3 is 10.4 Å². The van der Waals surface area contributed by atoms with Crippen molar-refractivity contribution in [1.82, 2.24) is 15.1 Å². The topological polar surface area (TPSA) is 67.2 Å². The van der Waals surface area contributed by atoms with Gasteiger partial charge in [0, 0.05) is 25.3 Å². The highest BCUT2D eigenvalue weighted by atomic mass is 16.3. The molecule has 0 radical (unpaired) electrons. The number of nitrogens with zero attached hydrogens (tertiary/aromatic N) is 2. The number of hydrogen-bond donors (Lipinski definition) is 2. The molecule has 2 aromatic rings. The zero-order valence-corrected chi connectivity index (χ0v) is 14.8. The minimum absolute atomic E-state index is 0.0218. The zero-order valence-electron chi connectivity index (χ0n) is 14.8. The summed E-state index contributed by atoms with van der Waals surface area (Å²) in [5.74, 6) is 0.0218. The highest BCUT2D eigenvalue weighted by Gasteiger charge is 2.13. The Bertz CT molecular complexity index is 675. The smallest absolute Gasteiger partial charge is 0.220 e. The van der Waals surface area contributed by atoms with Gasteiger partial charge in [-0.3, -0.25) is 9.48 Å². The average molecular weight is 329 g/mol. The fourth-order valence-electron chi connectivity index (χ4n) is 2.75. The summed E-state index contributed by atoms with van der Waals surface area (Å²) < 4.78 is 2.01. The highest BCUT2D eigenvalue weighted by molar-refractivity contribution is 5.76. The molecule has 0 bridgehead atoms. The Hall–Kier alpha value is -2.14. The predicted octanol–water partition coefficient (Wildman–Crippen LogP) is 2.29. The molecule has 2 rings (SSSR count). The predicted molar refractivity (Wildman–Crippen MR) is 95.0 cm³/mol. The molecule has 5 heteroatoms.